The van der Waals surface area contributed by atoms with Crippen molar-refractivity contribution in [3.63, 3.8) is 0 Å². The number of aliphatic imine (C=N–C) groups is 1. The summed E-state index contributed by atoms with van der Waals surface area (Å²) in [7, 11) is 0. The molecular weight excluding hydrogens is 338 g/mol. The average molecular weight is 360 g/mol. The molecule has 2 N–H and O–H groups in total. The topological polar surface area (TPSA) is 68.9 Å². The van der Waals surface area contributed by atoms with Gasteiger partial charge >= 0.3 is 0 Å². The van der Waals surface area contributed by atoms with Crippen LogP contribution in [0.15, 0.2) is 46.8 Å². The van der Waals surface area contributed by atoms with Crippen molar-refractivity contribution in [2.75, 3.05) is 19.7 Å². The van der Waals surface area contributed by atoms with Gasteiger partial charge in [0.05, 0.1) is 34.4 Å². The second-order valence-corrected chi connectivity index (χ2v) is 6.47. The number of phenols is 1. The number of benzene rings is 1. The Morgan fingerprint density at radius 1 is 1.24 bits per heavy atom. The number of nitrogens with one attached hydrogen (secondary N) is 1. The molecule has 1 saturated heterocycles. The number of nitrogens with zero attached hydrogens (tertiary/aromatic N) is 2. The number of hydrogen-bond acceptors (Lipinski definition) is 5. The minimum absolute atomic E-state index is 0.108. The molecule has 1 aromatic rings. The van der Waals surface area contributed by atoms with Crippen molar-refractivity contribution in [1.82, 2.24) is 4.90 Å². The zero-order valence-corrected chi connectivity index (χ0v) is 15.0. The first-order chi connectivity index (χ1) is 12.1. The van der Waals surface area contributed by atoms with E-state index in [0.717, 1.165) is 37.3 Å². The lowest BCUT2D eigenvalue weighted by Crippen LogP contribution is -2.34. The van der Waals surface area contributed by atoms with Crippen LogP contribution in [0.2, 0.25) is 5.02 Å². The van der Waals surface area contributed by atoms with E-state index in [1.165, 1.54) is 12.5 Å². The second-order valence-electron chi connectivity index (χ2n) is 6.07. The summed E-state index contributed by atoms with van der Waals surface area (Å²) >= 11 is 6.21. The molecule has 1 heterocycles. The van der Waals surface area contributed by atoms with Crippen LogP contribution in [0.5, 0.6) is 5.75 Å². The van der Waals surface area contributed by atoms with E-state index in [1.54, 1.807) is 18.2 Å². The zero-order chi connectivity index (χ0) is 17.8. The highest BCUT2D eigenvalue weighted by atomic mass is 35.5. The van der Waals surface area contributed by atoms with Gasteiger partial charge in [0.25, 0.3) is 0 Å². The van der Waals surface area contributed by atoms with Crippen molar-refractivity contribution in [3.8, 4) is 5.75 Å². The summed E-state index contributed by atoms with van der Waals surface area (Å²) < 4.78 is 5.57. The lowest BCUT2D eigenvalue weighted by molar-refractivity contribution is 0.249. The molecule has 0 radical (unpaired) electrons. The number of aromatic hydroxyl groups is 1. The largest absolute Gasteiger partial charge is 0.508 e. The molecule has 132 valence electrons. The van der Waals surface area contributed by atoms with Crippen LogP contribution < -0.4 is 0 Å². The van der Waals surface area contributed by atoms with Gasteiger partial charge in [-0.1, -0.05) is 11.6 Å². The monoisotopic (exact) mass is 359 g/mol. The van der Waals surface area contributed by atoms with Gasteiger partial charge in [-0.3, -0.25) is 5.41 Å². The summed E-state index contributed by atoms with van der Waals surface area (Å²) in [5.41, 5.74) is 2.60. The Morgan fingerprint density at radius 3 is 2.68 bits per heavy atom. The smallest absolute Gasteiger partial charge is 0.146 e. The first-order valence-corrected chi connectivity index (χ1v) is 8.94. The minimum atomic E-state index is 0.108. The summed E-state index contributed by atoms with van der Waals surface area (Å²) in [6.07, 6.45) is 7.14. The Morgan fingerprint density at radius 2 is 2.00 bits per heavy atom. The average Bonchev–Trinajstić information content (AvgIpc) is 2.61. The van der Waals surface area contributed by atoms with E-state index in [9.17, 15) is 5.11 Å². The Balaban J connectivity index is 2.01. The third-order valence-corrected chi connectivity index (χ3v) is 4.55. The fourth-order valence-corrected chi connectivity index (χ4v) is 3.24. The van der Waals surface area contributed by atoms with Crippen molar-refractivity contribution in [2.45, 2.75) is 26.2 Å². The van der Waals surface area contributed by atoms with Crippen molar-refractivity contribution in [1.29, 1.82) is 5.41 Å². The number of halogens is 1. The molecule has 5 nitrogen and oxygen atoms in total. The van der Waals surface area contributed by atoms with E-state index in [4.69, 9.17) is 26.7 Å². The maximum Gasteiger partial charge on any atom is 0.146 e. The molecular formula is C19H22ClN3O2. The maximum absolute atomic E-state index is 9.53. The van der Waals surface area contributed by atoms with Crippen LogP contribution in [0.3, 0.4) is 0 Å². The summed E-state index contributed by atoms with van der Waals surface area (Å²) in [4.78, 5) is 6.96. The van der Waals surface area contributed by atoms with Crippen LogP contribution in [0.4, 0.5) is 5.69 Å². The SMILES string of the molecule is CCOC1=C/C(=N\c2ccc(O)cc2Cl)C(N2CCCCC2)=CC1=N. The zero-order valence-electron chi connectivity index (χ0n) is 14.3. The predicted molar refractivity (Wildman–Crippen MR) is 101 cm³/mol. The van der Waals surface area contributed by atoms with Crippen LogP contribution in [-0.4, -0.2) is 41.1 Å². The van der Waals surface area contributed by atoms with Crippen LogP contribution in [-0.2, 0) is 4.74 Å². The van der Waals surface area contributed by atoms with E-state index in [-0.39, 0.29) is 5.75 Å². The van der Waals surface area contributed by atoms with Gasteiger partial charge in [-0.15, -0.1) is 0 Å². The van der Waals surface area contributed by atoms with Crippen molar-refractivity contribution in [2.24, 2.45) is 4.99 Å². The highest BCUT2D eigenvalue weighted by Gasteiger charge is 2.23. The fraction of sp³-hybridized carbons (Fsp3) is 0.368. The first kappa shape index (κ1) is 17.5. The molecule has 3 rings (SSSR count). The molecule has 1 aliphatic heterocycles. The number of hydrogen-bond donors (Lipinski definition) is 2. The number of ether oxygens (including phenoxy) is 1. The highest BCUT2D eigenvalue weighted by molar-refractivity contribution is 6.33. The number of piperidine rings is 1. The molecule has 1 aromatic carbocycles. The molecule has 0 bridgehead atoms. The molecule has 25 heavy (non-hydrogen) atoms. The van der Waals surface area contributed by atoms with E-state index < -0.39 is 0 Å². The summed E-state index contributed by atoms with van der Waals surface area (Å²) in [6.45, 7) is 4.30. The minimum Gasteiger partial charge on any atom is -0.508 e. The van der Waals surface area contributed by atoms with Crippen LogP contribution >= 0.6 is 11.6 Å². The van der Waals surface area contributed by atoms with Crippen LogP contribution in [0.25, 0.3) is 0 Å². The number of allylic oxidation sites excluding steroid dienone is 2. The number of rotatable bonds is 4. The third-order valence-electron chi connectivity index (χ3n) is 4.25. The Labute approximate surface area is 152 Å². The van der Waals surface area contributed by atoms with Gasteiger partial charge in [-0.25, -0.2) is 4.99 Å². The van der Waals surface area contributed by atoms with Crippen LogP contribution in [0, 0.1) is 5.41 Å². The fourth-order valence-electron chi connectivity index (χ4n) is 3.03. The number of phenolic OH excluding ortho intramolecular Hbond substituents is 1. The molecule has 1 aliphatic carbocycles. The lowest BCUT2D eigenvalue weighted by atomic mass is 10.0. The molecule has 0 saturated carbocycles. The highest BCUT2D eigenvalue weighted by Crippen LogP contribution is 2.31. The number of likely N-dealkylation sites (tertiary alicyclic amines) is 1. The summed E-state index contributed by atoms with van der Waals surface area (Å²) in [5, 5.41) is 18.1. The van der Waals surface area contributed by atoms with Gasteiger partial charge in [0.2, 0.25) is 0 Å². The predicted octanol–water partition coefficient (Wildman–Crippen LogP) is 4.44. The second kappa shape index (κ2) is 7.74. The van der Waals surface area contributed by atoms with E-state index >= 15 is 0 Å². The van der Waals surface area contributed by atoms with Gasteiger partial charge in [0.15, 0.2) is 0 Å². The Kier molecular flexibility index (Phi) is 5.43. The van der Waals surface area contributed by atoms with Gasteiger partial charge < -0.3 is 14.7 Å². The standard InChI is InChI=1S/C19H22ClN3O2/c1-2-25-19-12-17(22-16-7-6-13(24)10-14(16)20)18(11-15(19)21)23-8-4-3-5-9-23/h6-7,10-12,21,24H,2-5,8-9H2,1H3/b21-15?,22-17+. The van der Waals surface area contributed by atoms with Crippen molar-refractivity contribution >= 4 is 28.7 Å². The van der Waals surface area contributed by atoms with Gasteiger partial charge in [0.1, 0.15) is 11.5 Å². The summed E-state index contributed by atoms with van der Waals surface area (Å²) in [5.74, 6) is 0.619. The van der Waals surface area contributed by atoms with E-state index in [1.807, 2.05) is 13.0 Å². The quantitative estimate of drug-likeness (QED) is 0.781. The van der Waals surface area contributed by atoms with Crippen LogP contribution in [0.1, 0.15) is 26.2 Å². The molecule has 0 aromatic heterocycles. The van der Waals surface area contributed by atoms with E-state index in [2.05, 4.69) is 4.90 Å². The van der Waals surface area contributed by atoms with Gasteiger partial charge in [-0.2, -0.15) is 0 Å². The maximum atomic E-state index is 9.53. The molecule has 0 amide bonds. The van der Waals surface area contributed by atoms with Crippen molar-refractivity contribution < 1.29 is 9.84 Å². The molecule has 0 atom stereocenters. The lowest BCUT2D eigenvalue weighted by Gasteiger charge is -2.32. The molecule has 1 fully saturated rings. The van der Waals surface area contributed by atoms with Gasteiger partial charge in [-0.05, 0) is 44.4 Å². The Bertz CT molecular complexity index is 762. The third kappa shape index (κ3) is 4.04. The van der Waals surface area contributed by atoms with E-state index in [0.29, 0.717) is 28.8 Å². The normalized spacial score (nSPS) is 19.7. The molecule has 6 heteroatoms. The van der Waals surface area contributed by atoms with Gasteiger partial charge in [0, 0.05) is 25.2 Å². The Hall–Kier alpha value is -2.27. The molecule has 0 spiro atoms. The first-order valence-electron chi connectivity index (χ1n) is 8.56. The summed E-state index contributed by atoms with van der Waals surface area (Å²) in [6, 6.07) is 4.73. The van der Waals surface area contributed by atoms with Crippen molar-refractivity contribution in [3.05, 3.63) is 46.8 Å². The molecule has 2 aliphatic rings. The molecule has 0 unspecified atom stereocenters.